The average Bonchev–Trinajstić information content (AvgIpc) is 3.18. The second-order valence-electron chi connectivity index (χ2n) is 5.09. The number of ether oxygens (including phenoxy) is 1. The second kappa shape index (κ2) is 5.28. The number of carbonyl (C=O) groups is 3. The van der Waals surface area contributed by atoms with Crippen LogP contribution in [0.5, 0.6) is 0 Å². The van der Waals surface area contributed by atoms with Crippen LogP contribution < -0.4 is 5.32 Å². The van der Waals surface area contributed by atoms with Crippen LogP contribution in [0.25, 0.3) is 0 Å². The molecular weight excluding hydrogens is 248 g/mol. The number of likely N-dealkylation sites (N-methyl/N-ethyl adjacent to an activating group) is 1. The Hall–Kier alpha value is -1.43. The fourth-order valence-corrected chi connectivity index (χ4v) is 2.63. The molecule has 2 amide bonds. The summed E-state index contributed by atoms with van der Waals surface area (Å²) in [4.78, 5) is 36.9. The second-order valence-corrected chi connectivity index (χ2v) is 5.09. The molecule has 6 heteroatoms. The molecule has 2 rings (SSSR count). The van der Waals surface area contributed by atoms with Crippen molar-refractivity contribution in [2.45, 2.75) is 38.1 Å². The maximum atomic E-state index is 12.2. The Morgan fingerprint density at radius 1 is 1.37 bits per heavy atom. The molecular formula is C13H20N2O4. The summed E-state index contributed by atoms with van der Waals surface area (Å²) in [5.74, 6) is -0.630. The number of likely N-dealkylation sites (tertiary alicyclic amines) is 1. The van der Waals surface area contributed by atoms with Gasteiger partial charge in [-0.2, -0.15) is 0 Å². The van der Waals surface area contributed by atoms with Gasteiger partial charge in [-0.1, -0.05) is 0 Å². The Morgan fingerprint density at radius 2 is 1.95 bits per heavy atom. The number of nitrogens with one attached hydrogen (secondary N) is 1. The van der Waals surface area contributed by atoms with E-state index in [1.807, 2.05) is 0 Å². The average molecular weight is 268 g/mol. The van der Waals surface area contributed by atoms with E-state index < -0.39 is 5.54 Å². The van der Waals surface area contributed by atoms with E-state index in [2.05, 4.69) is 5.32 Å². The molecule has 6 nitrogen and oxygen atoms in total. The zero-order valence-corrected chi connectivity index (χ0v) is 11.4. The lowest BCUT2D eigenvalue weighted by Crippen LogP contribution is -2.61. The van der Waals surface area contributed by atoms with Gasteiger partial charge < -0.3 is 10.1 Å². The highest BCUT2D eigenvalue weighted by Crippen LogP contribution is 2.41. The summed E-state index contributed by atoms with van der Waals surface area (Å²) in [6.07, 6.45) is 2.31. The van der Waals surface area contributed by atoms with Gasteiger partial charge in [-0.25, -0.2) is 4.79 Å². The van der Waals surface area contributed by atoms with Crippen molar-refractivity contribution in [1.29, 1.82) is 0 Å². The monoisotopic (exact) mass is 268 g/mol. The predicted molar refractivity (Wildman–Crippen MR) is 67.1 cm³/mol. The number of esters is 1. The van der Waals surface area contributed by atoms with E-state index in [0.717, 1.165) is 12.8 Å². The SMILES string of the molecule is CCOC(=O)C(CN1C(=O)CCC1=O)(NC)C1CC1. The van der Waals surface area contributed by atoms with Gasteiger partial charge in [0.1, 0.15) is 5.54 Å². The number of hydrogen-bond acceptors (Lipinski definition) is 5. The third-order valence-electron chi connectivity index (χ3n) is 3.92. The van der Waals surface area contributed by atoms with Crippen LogP contribution in [-0.4, -0.2) is 48.4 Å². The lowest BCUT2D eigenvalue weighted by molar-refractivity contribution is -0.154. The minimum absolute atomic E-state index is 0.0880. The van der Waals surface area contributed by atoms with Gasteiger partial charge in [0.25, 0.3) is 0 Å². The molecule has 2 fully saturated rings. The Morgan fingerprint density at radius 3 is 2.37 bits per heavy atom. The van der Waals surface area contributed by atoms with Gasteiger partial charge in [-0.05, 0) is 32.7 Å². The highest BCUT2D eigenvalue weighted by molar-refractivity contribution is 6.02. The van der Waals surface area contributed by atoms with Crippen LogP contribution in [0.1, 0.15) is 32.6 Å². The van der Waals surface area contributed by atoms with Crippen LogP contribution in [0.4, 0.5) is 0 Å². The van der Waals surface area contributed by atoms with Crippen molar-refractivity contribution in [2.24, 2.45) is 5.92 Å². The quantitative estimate of drug-likeness (QED) is 0.545. The topological polar surface area (TPSA) is 75.7 Å². The molecule has 19 heavy (non-hydrogen) atoms. The molecule has 1 atom stereocenters. The standard InChI is InChI=1S/C13H20N2O4/c1-3-19-12(18)13(14-2,9-4-5-9)8-15-10(16)6-7-11(15)17/h9,14H,3-8H2,1-2H3. The van der Waals surface area contributed by atoms with E-state index in [-0.39, 0.29) is 49.7 Å². The van der Waals surface area contributed by atoms with Gasteiger partial charge in [0.05, 0.1) is 13.2 Å². The predicted octanol–water partition coefficient (Wildman–Crippen LogP) is 0.0667. The Bertz CT molecular complexity index is 389. The number of hydrogen-bond donors (Lipinski definition) is 1. The number of rotatable bonds is 6. The van der Waals surface area contributed by atoms with Crippen LogP contribution >= 0.6 is 0 Å². The molecule has 1 N–H and O–H groups in total. The molecule has 1 heterocycles. The fraction of sp³-hybridized carbons (Fsp3) is 0.769. The van der Waals surface area contributed by atoms with E-state index in [1.54, 1.807) is 14.0 Å². The van der Waals surface area contributed by atoms with Gasteiger partial charge in [0, 0.05) is 12.8 Å². The lowest BCUT2D eigenvalue weighted by atomic mass is 9.92. The van der Waals surface area contributed by atoms with Crippen molar-refractivity contribution in [3.05, 3.63) is 0 Å². The van der Waals surface area contributed by atoms with Gasteiger partial charge in [0.15, 0.2) is 0 Å². The van der Waals surface area contributed by atoms with Gasteiger partial charge >= 0.3 is 5.97 Å². The summed E-state index contributed by atoms with van der Waals surface area (Å²) >= 11 is 0. The lowest BCUT2D eigenvalue weighted by Gasteiger charge is -2.34. The van der Waals surface area contributed by atoms with Crippen LogP contribution in [0.15, 0.2) is 0 Å². The Kier molecular flexibility index (Phi) is 3.89. The summed E-state index contributed by atoms with van der Waals surface area (Å²) in [6, 6.07) is 0. The highest BCUT2D eigenvalue weighted by Gasteiger charge is 2.53. The largest absolute Gasteiger partial charge is 0.465 e. The van der Waals surface area contributed by atoms with Gasteiger partial charge in [0.2, 0.25) is 11.8 Å². The maximum absolute atomic E-state index is 12.2. The Balaban J connectivity index is 2.20. The van der Waals surface area contributed by atoms with Crippen molar-refractivity contribution >= 4 is 17.8 Å². The fourth-order valence-electron chi connectivity index (χ4n) is 2.63. The summed E-state index contributed by atoms with van der Waals surface area (Å²) < 4.78 is 5.13. The zero-order chi connectivity index (χ0) is 14.0. The van der Waals surface area contributed by atoms with Crippen molar-refractivity contribution in [1.82, 2.24) is 10.2 Å². The first-order valence-electron chi connectivity index (χ1n) is 6.74. The third kappa shape index (κ3) is 2.49. The van der Waals surface area contributed by atoms with Crippen molar-refractivity contribution in [2.75, 3.05) is 20.2 Å². The summed E-state index contributed by atoms with van der Waals surface area (Å²) in [6.45, 7) is 2.12. The van der Waals surface area contributed by atoms with E-state index in [0.29, 0.717) is 0 Å². The molecule has 1 aliphatic heterocycles. The zero-order valence-electron chi connectivity index (χ0n) is 11.4. The summed E-state index contributed by atoms with van der Waals surface area (Å²) in [5, 5.41) is 3.01. The summed E-state index contributed by atoms with van der Waals surface area (Å²) in [7, 11) is 1.68. The molecule has 0 aromatic heterocycles. The molecule has 0 bridgehead atoms. The number of imide groups is 1. The third-order valence-corrected chi connectivity index (χ3v) is 3.92. The first-order valence-corrected chi connectivity index (χ1v) is 6.74. The molecule has 2 aliphatic rings. The highest BCUT2D eigenvalue weighted by atomic mass is 16.5. The molecule has 1 saturated heterocycles. The van der Waals surface area contributed by atoms with Crippen LogP contribution in [-0.2, 0) is 19.1 Å². The van der Waals surface area contributed by atoms with Crippen molar-refractivity contribution in [3.63, 3.8) is 0 Å². The van der Waals surface area contributed by atoms with E-state index in [9.17, 15) is 14.4 Å². The smallest absolute Gasteiger partial charge is 0.328 e. The van der Waals surface area contributed by atoms with Crippen LogP contribution in [0, 0.1) is 5.92 Å². The normalized spacial score (nSPS) is 22.5. The van der Waals surface area contributed by atoms with Crippen molar-refractivity contribution in [3.8, 4) is 0 Å². The van der Waals surface area contributed by atoms with Crippen molar-refractivity contribution < 1.29 is 19.1 Å². The molecule has 0 radical (unpaired) electrons. The first-order chi connectivity index (χ1) is 9.05. The van der Waals surface area contributed by atoms with Gasteiger partial charge in [-0.15, -0.1) is 0 Å². The molecule has 0 spiro atoms. The first kappa shape index (κ1) is 14.0. The summed E-state index contributed by atoms with van der Waals surface area (Å²) in [5.41, 5.74) is -0.939. The Labute approximate surface area is 112 Å². The molecule has 0 aromatic rings. The molecule has 0 aromatic carbocycles. The van der Waals surface area contributed by atoms with E-state index in [4.69, 9.17) is 4.74 Å². The molecule has 1 unspecified atom stereocenters. The molecule has 106 valence electrons. The number of carbonyl (C=O) groups excluding carboxylic acids is 3. The minimum Gasteiger partial charge on any atom is -0.465 e. The van der Waals surface area contributed by atoms with Gasteiger partial charge in [-0.3, -0.25) is 14.5 Å². The minimum atomic E-state index is -0.939. The molecule has 1 saturated carbocycles. The molecule has 1 aliphatic carbocycles. The van der Waals surface area contributed by atoms with Crippen LogP contribution in [0.3, 0.4) is 0 Å². The van der Waals surface area contributed by atoms with Crippen LogP contribution in [0.2, 0.25) is 0 Å². The van der Waals surface area contributed by atoms with E-state index in [1.165, 1.54) is 4.90 Å². The number of amides is 2. The van der Waals surface area contributed by atoms with E-state index >= 15 is 0 Å². The number of nitrogens with zero attached hydrogens (tertiary/aromatic N) is 1. The maximum Gasteiger partial charge on any atom is 0.328 e.